The summed E-state index contributed by atoms with van der Waals surface area (Å²) in [6, 6.07) is 5.72. The minimum Gasteiger partial charge on any atom is -0.311 e. The Morgan fingerprint density at radius 1 is 1.47 bits per heavy atom. The summed E-state index contributed by atoms with van der Waals surface area (Å²) < 4.78 is 1.54. The molecule has 1 amide bonds. The summed E-state index contributed by atoms with van der Waals surface area (Å²) in [7, 11) is 0. The first-order chi connectivity index (χ1) is 8.13. The predicted octanol–water partition coefficient (Wildman–Crippen LogP) is 3.29. The third-order valence-corrected chi connectivity index (χ3v) is 4.17. The zero-order chi connectivity index (χ0) is 12.0. The topological polar surface area (TPSA) is 33.2 Å². The van der Waals surface area contributed by atoms with E-state index in [0.29, 0.717) is 17.4 Å². The van der Waals surface area contributed by atoms with Crippen molar-refractivity contribution in [1.29, 1.82) is 0 Å². The van der Waals surface area contributed by atoms with Crippen molar-refractivity contribution < 1.29 is 4.79 Å². The Morgan fingerprint density at radius 2 is 2.29 bits per heavy atom. The molecule has 1 aromatic heterocycles. The van der Waals surface area contributed by atoms with Crippen molar-refractivity contribution in [2.45, 2.75) is 11.8 Å². The molecule has 0 bridgehead atoms. The molecule has 88 valence electrons. The standard InChI is InChI=1S/C11H8Cl2N2OS/c12-6-3-10(16)15(5-6)7-1-2-9-8(4-7)14-11(13)17-9/h1-2,4,6H,3,5H2. The lowest BCUT2D eigenvalue weighted by atomic mass is 10.3. The van der Waals surface area contributed by atoms with Gasteiger partial charge in [-0.3, -0.25) is 4.79 Å². The number of fused-ring (bicyclic) bond motifs is 1. The Labute approximate surface area is 112 Å². The fraction of sp³-hybridized carbons (Fsp3) is 0.273. The van der Waals surface area contributed by atoms with Crippen LogP contribution in [0.15, 0.2) is 18.2 Å². The lowest BCUT2D eigenvalue weighted by molar-refractivity contribution is -0.117. The molecule has 1 atom stereocenters. The van der Waals surface area contributed by atoms with Crippen molar-refractivity contribution in [2.75, 3.05) is 11.4 Å². The number of aromatic nitrogens is 1. The summed E-state index contributed by atoms with van der Waals surface area (Å²) in [4.78, 5) is 17.6. The number of alkyl halides is 1. The van der Waals surface area contributed by atoms with Gasteiger partial charge in [0.25, 0.3) is 0 Å². The van der Waals surface area contributed by atoms with E-state index in [1.54, 1.807) is 4.90 Å². The number of benzene rings is 1. The molecule has 1 aliphatic heterocycles. The van der Waals surface area contributed by atoms with Gasteiger partial charge in [-0.2, -0.15) is 0 Å². The van der Waals surface area contributed by atoms with Crippen LogP contribution in [0.25, 0.3) is 10.2 Å². The summed E-state index contributed by atoms with van der Waals surface area (Å²) in [5.41, 5.74) is 1.66. The molecule has 0 N–H and O–H groups in total. The highest BCUT2D eigenvalue weighted by atomic mass is 35.5. The summed E-state index contributed by atoms with van der Waals surface area (Å²) in [5.74, 6) is 0.0608. The average Bonchev–Trinajstić information content (AvgIpc) is 2.78. The summed E-state index contributed by atoms with van der Waals surface area (Å²) in [5, 5.41) is -0.0998. The minimum absolute atomic E-state index is 0.0608. The van der Waals surface area contributed by atoms with Gasteiger partial charge in [-0.1, -0.05) is 11.6 Å². The molecule has 1 aromatic carbocycles. The Kier molecular flexibility index (Phi) is 2.73. The first-order valence-corrected chi connectivity index (χ1v) is 6.77. The first-order valence-electron chi connectivity index (χ1n) is 5.14. The third kappa shape index (κ3) is 2.01. The maximum Gasteiger partial charge on any atom is 0.228 e. The molecule has 2 aromatic rings. The van der Waals surface area contributed by atoms with Crippen molar-refractivity contribution in [3.05, 3.63) is 22.7 Å². The summed E-state index contributed by atoms with van der Waals surface area (Å²) in [6.07, 6.45) is 0.400. The van der Waals surface area contributed by atoms with Crippen molar-refractivity contribution in [1.82, 2.24) is 4.98 Å². The normalized spacial score (nSPS) is 20.5. The molecule has 2 heterocycles. The average molecular weight is 287 g/mol. The number of hydrogen-bond acceptors (Lipinski definition) is 3. The molecule has 0 radical (unpaired) electrons. The van der Waals surface area contributed by atoms with Gasteiger partial charge in [0.15, 0.2) is 4.47 Å². The third-order valence-electron chi connectivity index (χ3n) is 2.73. The van der Waals surface area contributed by atoms with Crippen LogP contribution in [0.3, 0.4) is 0 Å². The number of rotatable bonds is 1. The maximum atomic E-state index is 11.7. The second-order valence-corrected chi connectivity index (χ2v) is 6.15. The Morgan fingerprint density at radius 3 is 3.00 bits per heavy atom. The van der Waals surface area contributed by atoms with Crippen LogP contribution in [0.5, 0.6) is 0 Å². The van der Waals surface area contributed by atoms with Crippen LogP contribution in [0, 0.1) is 0 Å². The van der Waals surface area contributed by atoms with Crippen LogP contribution >= 0.6 is 34.5 Å². The second-order valence-electron chi connectivity index (χ2n) is 3.92. The number of carbonyl (C=O) groups is 1. The van der Waals surface area contributed by atoms with Gasteiger partial charge < -0.3 is 4.90 Å². The van der Waals surface area contributed by atoms with Gasteiger partial charge in [-0.25, -0.2) is 4.98 Å². The molecule has 0 aliphatic carbocycles. The maximum absolute atomic E-state index is 11.7. The van der Waals surface area contributed by atoms with E-state index in [-0.39, 0.29) is 11.3 Å². The molecular formula is C11H8Cl2N2OS. The lowest BCUT2D eigenvalue weighted by Gasteiger charge is -2.15. The number of hydrogen-bond donors (Lipinski definition) is 0. The lowest BCUT2D eigenvalue weighted by Crippen LogP contribution is -2.24. The highest BCUT2D eigenvalue weighted by Gasteiger charge is 2.29. The van der Waals surface area contributed by atoms with E-state index in [1.807, 2.05) is 18.2 Å². The van der Waals surface area contributed by atoms with Crippen LogP contribution in [0.4, 0.5) is 5.69 Å². The van der Waals surface area contributed by atoms with Crippen molar-refractivity contribution in [3.63, 3.8) is 0 Å². The molecule has 17 heavy (non-hydrogen) atoms. The zero-order valence-corrected chi connectivity index (χ0v) is 11.0. The Hall–Kier alpha value is -0.840. The molecule has 6 heteroatoms. The highest BCUT2D eigenvalue weighted by molar-refractivity contribution is 7.22. The molecule has 1 unspecified atom stereocenters. The number of thiazole rings is 1. The smallest absolute Gasteiger partial charge is 0.228 e. The Bertz CT molecular complexity index is 598. The Balaban J connectivity index is 2.03. The molecule has 3 nitrogen and oxygen atoms in total. The van der Waals surface area contributed by atoms with Gasteiger partial charge in [-0.15, -0.1) is 22.9 Å². The largest absolute Gasteiger partial charge is 0.311 e. The van der Waals surface area contributed by atoms with Gasteiger partial charge in [0.2, 0.25) is 5.91 Å². The van der Waals surface area contributed by atoms with Gasteiger partial charge >= 0.3 is 0 Å². The predicted molar refractivity (Wildman–Crippen MR) is 71.2 cm³/mol. The van der Waals surface area contributed by atoms with E-state index < -0.39 is 0 Å². The van der Waals surface area contributed by atoms with E-state index in [0.717, 1.165) is 15.9 Å². The van der Waals surface area contributed by atoms with Gasteiger partial charge in [0.05, 0.1) is 15.6 Å². The van der Waals surface area contributed by atoms with E-state index >= 15 is 0 Å². The first kappa shape index (κ1) is 11.3. The highest BCUT2D eigenvalue weighted by Crippen LogP contribution is 2.31. The van der Waals surface area contributed by atoms with Gasteiger partial charge in [-0.05, 0) is 18.2 Å². The molecule has 0 saturated carbocycles. The van der Waals surface area contributed by atoms with E-state index in [9.17, 15) is 4.79 Å². The summed E-state index contributed by atoms with van der Waals surface area (Å²) in [6.45, 7) is 0.559. The van der Waals surface area contributed by atoms with Gasteiger partial charge in [0, 0.05) is 18.7 Å². The monoisotopic (exact) mass is 286 g/mol. The fourth-order valence-electron chi connectivity index (χ4n) is 1.97. The van der Waals surface area contributed by atoms with Gasteiger partial charge in [0.1, 0.15) is 0 Å². The SMILES string of the molecule is O=C1CC(Cl)CN1c1ccc2sc(Cl)nc2c1. The van der Waals surface area contributed by atoms with E-state index in [2.05, 4.69) is 4.98 Å². The van der Waals surface area contributed by atoms with E-state index in [4.69, 9.17) is 23.2 Å². The van der Waals surface area contributed by atoms with Crippen LogP contribution < -0.4 is 4.90 Å². The second kappa shape index (κ2) is 4.12. The molecule has 3 rings (SSSR count). The number of amides is 1. The molecule has 0 spiro atoms. The fourth-order valence-corrected chi connectivity index (χ4v) is 3.25. The number of nitrogens with zero attached hydrogens (tertiary/aromatic N) is 2. The van der Waals surface area contributed by atoms with Crippen LogP contribution in [0.2, 0.25) is 4.47 Å². The van der Waals surface area contributed by atoms with Crippen molar-refractivity contribution in [2.24, 2.45) is 0 Å². The molecule has 1 aliphatic rings. The number of carbonyl (C=O) groups excluding carboxylic acids is 1. The number of anilines is 1. The van der Waals surface area contributed by atoms with Crippen LogP contribution in [-0.4, -0.2) is 22.8 Å². The van der Waals surface area contributed by atoms with Crippen molar-refractivity contribution in [3.8, 4) is 0 Å². The minimum atomic E-state index is -0.0998. The van der Waals surface area contributed by atoms with Crippen LogP contribution in [-0.2, 0) is 4.79 Å². The van der Waals surface area contributed by atoms with E-state index in [1.165, 1.54) is 11.3 Å². The van der Waals surface area contributed by atoms with Crippen LogP contribution in [0.1, 0.15) is 6.42 Å². The molecular weight excluding hydrogens is 279 g/mol. The quantitative estimate of drug-likeness (QED) is 0.754. The number of halogens is 2. The zero-order valence-electron chi connectivity index (χ0n) is 8.69. The summed E-state index contributed by atoms with van der Waals surface area (Å²) >= 11 is 13.3. The molecule has 1 fully saturated rings. The molecule has 1 saturated heterocycles. The van der Waals surface area contributed by atoms with Crippen molar-refractivity contribution >= 4 is 56.3 Å².